The zero-order chi connectivity index (χ0) is 20.9. The maximum Gasteiger partial charge on any atom is 0.339 e. The normalized spacial score (nSPS) is 12.6. The fourth-order valence-electron chi connectivity index (χ4n) is 1.98. The van der Waals surface area contributed by atoms with Gasteiger partial charge in [-0.05, 0) is 45.4 Å². The number of sulfonamides is 1. The molecule has 0 aliphatic heterocycles. The molecule has 0 aliphatic rings. The molecular formula is C17H25N3O6S. The summed E-state index contributed by atoms with van der Waals surface area (Å²) in [6.45, 7) is 6.38. The first kappa shape index (κ1) is 22.6. The molecule has 1 aromatic carbocycles. The summed E-state index contributed by atoms with van der Waals surface area (Å²) >= 11 is 0. The summed E-state index contributed by atoms with van der Waals surface area (Å²) in [5.41, 5.74) is 0.507. The molecule has 0 fully saturated rings. The third-order valence-corrected chi connectivity index (χ3v) is 5.33. The van der Waals surface area contributed by atoms with Crippen LogP contribution >= 0.6 is 0 Å². The van der Waals surface area contributed by atoms with Gasteiger partial charge < -0.3 is 10.1 Å². The Labute approximate surface area is 159 Å². The van der Waals surface area contributed by atoms with Crippen molar-refractivity contribution < 1.29 is 27.5 Å². The molecule has 150 valence electrons. The number of carbonyl (C=O) groups excluding carboxylic acids is 3. The highest BCUT2D eigenvalue weighted by atomic mass is 32.2. The van der Waals surface area contributed by atoms with E-state index in [0.29, 0.717) is 5.56 Å². The number of ether oxygens (including phenoxy) is 1. The van der Waals surface area contributed by atoms with Crippen molar-refractivity contribution in [2.24, 2.45) is 0 Å². The number of hydrogen-bond acceptors (Lipinski definition) is 6. The molecule has 9 nitrogen and oxygen atoms in total. The van der Waals surface area contributed by atoms with Gasteiger partial charge >= 0.3 is 12.0 Å². The number of nitrogens with zero attached hydrogens (tertiary/aromatic N) is 1. The zero-order valence-electron chi connectivity index (χ0n) is 16.2. The van der Waals surface area contributed by atoms with Gasteiger partial charge in [-0.1, -0.05) is 6.07 Å². The van der Waals surface area contributed by atoms with Crippen molar-refractivity contribution in [1.82, 2.24) is 14.9 Å². The summed E-state index contributed by atoms with van der Waals surface area (Å²) in [6, 6.07) is 3.19. The molecule has 0 aromatic heterocycles. The van der Waals surface area contributed by atoms with Crippen molar-refractivity contribution in [1.29, 1.82) is 0 Å². The van der Waals surface area contributed by atoms with E-state index >= 15 is 0 Å². The fraction of sp³-hybridized carbons (Fsp3) is 0.471. The second-order valence-electron chi connectivity index (χ2n) is 6.43. The number of esters is 1. The number of imide groups is 1. The van der Waals surface area contributed by atoms with Gasteiger partial charge in [-0.2, -0.15) is 0 Å². The smallest absolute Gasteiger partial charge is 0.339 e. The highest BCUT2D eigenvalue weighted by Gasteiger charge is 2.24. The van der Waals surface area contributed by atoms with Crippen LogP contribution in [0.25, 0.3) is 0 Å². The maximum absolute atomic E-state index is 12.4. The van der Waals surface area contributed by atoms with Crippen molar-refractivity contribution in [2.75, 3.05) is 14.1 Å². The standard InChI is InChI=1S/C17H25N3O6S/c1-10(2)18-17(23)19-15(21)12(4)26-16(22)14-9-13(8-7-11(14)3)27(24,25)20(5)6/h7-10,12H,1-6H3,(H2,18,19,21,23)/t12-/m1/s1. The van der Waals surface area contributed by atoms with E-state index in [9.17, 15) is 22.8 Å². The minimum Gasteiger partial charge on any atom is -0.449 e. The lowest BCUT2D eigenvalue weighted by molar-refractivity contribution is -0.127. The number of rotatable bonds is 6. The summed E-state index contributed by atoms with van der Waals surface area (Å²) in [5, 5.41) is 4.54. The molecule has 0 saturated heterocycles. The van der Waals surface area contributed by atoms with Crippen molar-refractivity contribution in [2.45, 2.75) is 44.7 Å². The van der Waals surface area contributed by atoms with Gasteiger partial charge in [0, 0.05) is 20.1 Å². The van der Waals surface area contributed by atoms with Gasteiger partial charge in [0.05, 0.1) is 10.5 Å². The third kappa shape index (κ3) is 6.04. The molecule has 0 unspecified atom stereocenters. The van der Waals surface area contributed by atoms with Gasteiger partial charge in [-0.3, -0.25) is 10.1 Å². The molecule has 27 heavy (non-hydrogen) atoms. The van der Waals surface area contributed by atoms with Crippen LogP contribution in [0.15, 0.2) is 23.1 Å². The predicted octanol–water partition coefficient (Wildman–Crippen LogP) is 1.02. The Morgan fingerprint density at radius 1 is 1.11 bits per heavy atom. The Bertz CT molecular complexity index is 833. The van der Waals surface area contributed by atoms with Gasteiger partial charge in [-0.25, -0.2) is 22.3 Å². The van der Waals surface area contributed by atoms with Crippen molar-refractivity contribution in [3.05, 3.63) is 29.3 Å². The molecule has 1 rings (SSSR count). The number of nitrogens with one attached hydrogen (secondary N) is 2. The molecule has 1 aromatic rings. The summed E-state index contributed by atoms with van der Waals surface area (Å²) in [5.74, 6) is -1.66. The monoisotopic (exact) mass is 399 g/mol. The first-order chi connectivity index (χ1) is 12.4. The Morgan fingerprint density at radius 3 is 2.22 bits per heavy atom. The highest BCUT2D eigenvalue weighted by Crippen LogP contribution is 2.19. The lowest BCUT2D eigenvalue weighted by Gasteiger charge is -2.16. The Kier molecular flexibility index (Phi) is 7.49. The van der Waals surface area contributed by atoms with Crippen LogP contribution in [0.4, 0.5) is 4.79 Å². The van der Waals surface area contributed by atoms with Crippen LogP contribution in [-0.2, 0) is 19.6 Å². The van der Waals surface area contributed by atoms with E-state index in [1.165, 1.54) is 39.2 Å². The maximum atomic E-state index is 12.4. The van der Waals surface area contributed by atoms with Crippen LogP contribution in [-0.4, -0.2) is 56.9 Å². The minimum atomic E-state index is -3.73. The lowest BCUT2D eigenvalue weighted by atomic mass is 10.1. The van der Waals surface area contributed by atoms with Gasteiger partial charge in [0.2, 0.25) is 10.0 Å². The molecule has 2 N–H and O–H groups in total. The number of hydrogen-bond donors (Lipinski definition) is 2. The van der Waals surface area contributed by atoms with Gasteiger partial charge in [0.15, 0.2) is 6.10 Å². The lowest BCUT2D eigenvalue weighted by Crippen LogP contribution is -2.46. The number of benzene rings is 1. The molecule has 0 saturated carbocycles. The largest absolute Gasteiger partial charge is 0.449 e. The first-order valence-electron chi connectivity index (χ1n) is 8.21. The number of amides is 3. The van der Waals surface area contributed by atoms with Crippen LogP contribution in [0, 0.1) is 6.92 Å². The molecule has 1 atom stereocenters. The SMILES string of the molecule is Cc1ccc(S(=O)(=O)N(C)C)cc1C(=O)O[C@H](C)C(=O)NC(=O)NC(C)C. The summed E-state index contributed by atoms with van der Waals surface area (Å²) in [6.07, 6.45) is -1.25. The van der Waals surface area contributed by atoms with Crippen molar-refractivity contribution in [3.63, 3.8) is 0 Å². The molecule has 0 bridgehead atoms. The summed E-state index contributed by atoms with van der Waals surface area (Å²) < 4.78 is 30.5. The van der Waals surface area contributed by atoms with E-state index in [0.717, 1.165) is 4.31 Å². The summed E-state index contributed by atoms with van der Waals surface area (Å²) in [7, 11) is -0.975. The quantitative estimate of drug-likeness (QED) is 0.689. The zero-order valence-corrected chi connectivity index (χ0v) is 17.0. The van der Waals surface area contributed by atoms with Crippen molar-refractivity contribution in [3.8, 4) is 0 Å². The van der Waals surface area contributed by atoms with Crippen LogP contribution in [0.3, 0.4) is 0 Å². The van der Waals surface area contributed by atoms with Gasteiger partial charge in [0.1, 0.15) is 0 Å². The minimum absolute atomic E-state index is 0.0178. The Balaban J connectivity index is 2.94. The topological polar surface area (TPSA) is 122 Å². The van der Waals surface area contributed by atoms with E-state index in [2.05, 4.69) is 10.6 Å². The Morgan fingerprint density at radius 2 is 1.70 bits per heavy atom. The van der Waals surface area contributed by atoms with E-state index in [4.69, 9.17) is 4.74 Å². The van der Waals surface area contributed by atoms with Crippen LogP contribution in [0.2, 0.25) is 0 Å². The second kappa shape index (κ2) is 8.96. The highest BCUT2D eigenvalue weighted by molar-refractivity contribution is 7.89. The summed E-state index contributed by atoms with van der Waals surface area (Å²) in [4.78, 5) is 35.8. The van der Waals surface area contributed by atoms with Crippen LogP contribution < -0.4 is 10.6 Å². The average molecular weight is 399 g/mol. The average Bonchev–Trinajstić information content (AvgIpc) is 2.53. The van der Waals surface area contributed by atoms with E-state index in [1.807, 2.05) is 0 Å². The molecule has 0 heterocycles. The molecular weight excluding hydrogens is 374 g/mol. The second-order valence-corrected chi connectivity index (χ2v) is 8.58. The van der Waals surface area contributed by atoms with E-state index < -0.39 is 34.0 Å². The number of carbonyl (C=O) groups is 3. The third-order valence-electron chi connectivity index (χ3n) is 3.52. The van der Waals surface area contributed by atoms with Crippen LogP contribution in [0.1, 0.15) is 36.7 Å². The van der Waals surface area contributed by atoms with E-state index in [-0.39, 0.29) is 16.5 Å². The molecule has 3 amide bonds. The molecule has 0 spiro atoms. The van der Waals surface area contributed by atoms with E-state index in [1.54, 1.807) is 20.8 Å². The van der Waals surface area contributed by atoms with Crippen LogP contribution in [0.5, 0.6) is 0 Å². The number of urea groups is 1. The van der Waals surface area contributed by atoms with Gasteiger partial charge in [-0.15, -0.1) is 0 Å². The van der Waals surface area contributed by atoms with Crippen molar-refractivity contribution >= 4 is 27.9 Å². The molecule has 0 radical (unpaired) electrons. The Hall–Kier alpha value is -2.46. The van der Waals surface area contributed by atoms with Gasteiger partial charge in [0.25, 0.3) is 5.91 Å². The predicted molar refractivity (Wildman–Crippen MR) is 98.7 cm³/mol. The molecule has 0 aliphatic carbocycles. The molecule has 10 heteroatoms. The fourth-order valence-corrected chi connectivity index (χ4v) is 2.91. The number of aryl methyl sites for hydroxylation is 1. The first-order valence-corrected chi connectivity index (χ1v) is 9.65.